The van der Waals surface area contributed by atoms with E-state index in [-0.39, 0.29) is 12.0 Å². The summed E-state index contributed by atoms with van der Waals surface area (Å²) in [4.78, 5) is 3.37. The van der Waals surface area contributed by atoms with E-state index in [1.54, 1.807) is 0 Å². The Morgan fingerprint density at radius 3 is 2.39 bits per heavy atom. The molecule has 4 nitrogen and oxygen atoms in total. The van der Waals surface area contributed by atoms with Crippen molar-refractivity contribution in [3.63, 3.8) is 0 Å². The molecule has 1 aliphatic carbocycles. The molecule has 4 N–H and O–H groups in total. The summed E-state index contributed by atoms with van der Waals surface area (Å²) >= 11 is 0. The van der Waals surface area contributed by atoms with Gasteiger partial charge in [-0.05, 0) is 12.8 Å². The van der Waals surface area contributed by atoms with Crippen LogP contribution in [0.3, 0.4) is 0 Å². The number of hydrazine groups is 1. The van der Waals surface area contributed by atoms with Crippen LogP contribution in [0.5, 0.6) is 0 Å². The van der Waals surface area contributed by atoms with Crippen LogP contribution in [0, 0.1) is 0 Å². The molecule has 0 aromatic carbocycles. The van der Waals surface area contributed by atoms with Gasteiger partial charge in [0, 0.05) is 6.04 Å². The van der Waals surface area contributed by atoms with E-state index < -0.39 is 18.9 Å². The number of halogens is 4. The number of nitrogens with zero attached hydrogens (tertiary/aromatic N) is 1. The van der Waals surface area contributed by atoms with Crippen LogP contribution in [-0.4, -0.2) is 30.9 Å². The molecule has 0 atom stereocenters. The smallest absolute Gasteiger partial charge is 0.326 e. The van der Waals surface area contributed by atoms with Crippen LogP contribution in [0.1, 0.15) is 32.1 Å². The molecule has 0 saturated heterocycles. The van der Waals surface area contributed by atoms with E-state index in [2.05, 4.69) is 15.7 Å². The minimum atomic E-state index is -4.13. The van der Waals surface area contributed by atoms with Gasteiger partial charge in [-0.3, -0.25) is 5.43 Å². The molecule has 0 amide bonds. The average Bonchev–Trinajstić information content (AvgIpc) is 2.35. The molecule has 1 aliphatic rings. The molecule has 0 radical (unpaired) electrons. The number of guanidine groups is 1. The molecular weight excluding hydrogens is 252 g/mol. The third kappa shape index (κ3) is 4.67. The third-order valence-corrected chi connectivity index (χ3v) is 2.85. The minimum Gasteiger partial charge on any atom is -0.353 e. The first-order chi connectivity index (χ1) is 8.45. The minimum absolute atomic E-state index is 0.0674. The van der Waals surface area contributed by atoms with Crippen LogP contribution >= 0.6 is 0 Å². The lowest BCUT2D eigenvalue weighted by molar-refractivity contribution is -0.120. The first-order valence-electron chi connectivity index (χ1n) is 5.89. The Morgan fingerprint density at radius 2 is 1.89 bits per heavy atom. The maximum absolute atomic E-state index is 12.7. The number of rotatable bonds is 4. The highest BCUT2D eigenvalue weighted by molar-refractivity contribution is 5.79. The summed E-state index contributed by atoms with van der Waals surface area (Å²) in [5.74, 6) is 0.924. The summed E-state index contributed by atoms with van der Waals surface area (Å²) in [7, 11) is 0. The molecule has 1 fully saturated rings. The maximum atomic E-state index is 12.7. The topological polar surface area (TPSA) is 62.4 Å². The second-order valence-corrected chi connectivity index (χ2v) is 4.35. The third-order valence-electron chi connectivity index (χ3n) is 2.85. The van der Waals surface area contributed by atoms with E-state index in [1.807, 2.05) is 0 Å². The Morgan fingerprint density at radius 1 is 1.28 bits per heavy atom. The summed E-state index contributed by atoms with van der Waals surface area (Å²) in [5.41, 5.74) is 2.12. The number of alkyl halides is 4. The van der Waals surface area contributed by atoms with Gasteiger partial charge in [0.05, 0.1) is 0 Å². The number of aliphatic imine (C=N–C) groups is 1. The van der Waals surface area contributed by atoms with Crippen molar-refractivity contribution in [3.8, 4) is 0 Å². The van der Waals surface area contributed by atoms with Crippen LogP contribution in [0.2, 0.25) is 0 Å². The second kappa shape index (κ2) is 6.77. The average molecular weight is 270 g/mol. The molecule has 1 rings (SSSR count). The lowest BCUT2D eigenvalue weighted by Gasteiger charge is -2.24. The van der Waals surface area contributed by atoms with Gasteiger partial charge >= 0.3 is 12.3 Å². The molecule has 0 heterocycles. The molecule has 0 aromatic rings. The van der Waals surface area contributed by atoms with Crippen LogP contribution in [0.4, 0.5) is 17.6 Å². The van der Waals surface area contributed by atoms with Crippen molar-refractivity contribution in [1.82, 2.24) is 10.7 Å². The normalized spacial score (nSPS) is 19.1. The van der Waals surface area contributed by atoms with Gasteiger partial charge in [-0.2, -0.15) is 8.78 Å². The Bertz CT molecular complexity index is 277. The zero-order valence-corrected chi connectivity index (χ0v) is 9.93. The standard InChI is InChI=1S/C10H18F4N4/c11-8(12)10(13,14)6-16-9(18-15)17-7-4-2-1-3-5-7/h7-8H,1-6,15H2,(H2,16,17,18). The molecule has 0 spiro atoms. The van der Waals surface area contributed by atoms with Crippen LogP contribution < -0.4 is 16.6 Å². The highest BCUT2D eigenvalue weighted by atomic mass is 19.3. The van der Waals surface area contributed by atoms with E-state index in [4.69, 9.17) is 5.84 Å². The second-order valence-electron chi connectivity index (χ2n) is 4.35. The molecule has 0 aliphatic heterocycles. The van der Waals surface area contributed by atoms with Gasteiger partial charge in [0.25, 0.3) is 0 Å². The van der Waals surface area contributed by atoms with Gasteiger partial charge in [-0.1, -0.05) is 19.3 Å². The summed E-state index contributed by atoms with van der Waals surface area (Å²) < 4.78 is 49.2. The Labute approximate surface area is 103 Å². The van der Waals surface area contributed by atoms with Gasteiger partial charge in [0.2, 0.25) is 5.96 Å². The van der Waals surface area contributed by atoms with Gasteiger partial charge in [-0.15, -0.1) is 0 Å². The number of hydrogen-bond donors (Lipinski definition) is 3. The summed E-state index contributed by atoms with van der Waals surface area (Å²) in [6.07, 6.45) is 1.29. The zero-order chi connectivity index (χ0) is 13.6. The van der Waals surface area contributed by atoms with Crippen molar-refractivity contribution in [2.75, 3.05) is 6.54 Å². The van der Waals surface area contributed by atoms with Gasteiger partial charge in [0.1, 0.15) is 6.54 Å². The van der Waals surface area contributed by atoms with E-state index >= 15 is 0 Å². The van der Waals surface area contributed by atoms with Gasteiger partial charge in [0.15, 0.2) is 0 Å². The molecular formula is C10H18F4N4. The molecule has 8 heteroatoms. The van der Waals surface area contributed by atoms with Gasteiger partial charge in [-0.25, -0.2) is 19.6 Å². The van der Waals surface area contributed by atoms with E-state index in [9.17, 15) is 17.6 Å². The summed E-state index contributed by atoms with van der Waals surface area (Å²) in [6.45, 7) is -1.29. The van der Waals surface area contributed by atoms with Crippen molar-refractivity contribution in [3.05, 3.63) is 0 Å². The number of nitrogens with one attached hydrogen (secondary N) is 2. The fraction of sp³-hybridized carbons (Fsp3) is 0.900. The first kappa shape index (κ1) is 15.0. The van der Waals surface area contributed by atoms with Crippen LogP contribution in [0.15, 0.2) is 4.99 Å². The predicted octanol–water partition coefficient (Wildman–Crippen LogP) is 1.63. The quantitative estimate of drug-likeness (QED) is 0.239. The Kier molecular flexibility index (Phi) is 5.64. The highest BCUT2D eigenvalue weighted by Gasteiger charge is 2.40. The maximum Gasteiger partial charge on any atom is 0.326 e. The van der Waals surface area contributed by atoms with Crippen molar-refractivity contribution < 1.29 is 17.6 Å². The molecule has 106 valence electrons. The van der Waals surface area contributed by atoms with Crippen LogP contribution in [0.25, 0.3) is 0 Å². The fourth-order valence-corrected chi connectivity index (χ4v) is 1.83. The number of nitrogens with two attached hydrogens (primary N) is 1. The largest absolute Gasteiger partial charge is 0.353 e. The van der Waals surface area contributed by atoms with E-state index in [0.717, 1.165) is 32.1 Å². The van der Waals surface area contributed by atoms with Crippen molar-refractivity contribution in [2.45, 2.75) is 50.5 Å². The molecule has 18 heavy (non-hydrogen) atoms. The SMILES string of the molecule is NNC(=NCC(F)(F)C(F)F)NC1CCCCC1. The predicted molar refractivity (Wildman–Crippen MR) is 60.6 cm³/mol. The van der Waals surface area contributed by atoms with Gasteiger partial charge < -0.3 is 5.32 Å². The molecule has 0 unspecified atom stereocenters. The Balaban J connectivity index is 2.49. The molecule has 0 bridgehead atoms. The van der Waals surface area contributed by atoms with Crippen molar-refractivity contribution in [2.24, 2.45) is 10.8 Å². The van der Waals surface area contributed by atoms with Crippen LogP contribution in [-0.2, 0) is 0 Å². The zero-order valence-electron chi connectivity index (χ0n) is 9.93. The highest BCUT2D eigenvalue weighted by Crippen LogP contribution is 2.23. The van der Waals surface area contributed by atoms with E-state index in [1.165, 1.54) is 0 Å². The monoisotopic (exact) mass is 270 g/mol. The Hall–Kier alpha value is -1.05. The number of hydrogen-bond acceptors (Lipinski definition) is 2. The molecule has 0 aromatic heterocycles. The summed E-state index contributed by atoms with van der Waals surface area (Å²) in [6, 6.07) is 0.105. The summed E-state index contributed by atoms with van der Waals surface area (Å²) in [5, 5.41) is 2.85. The van der Waals surface area contributed by atoms with Crippen molar-refractivity contribution in [1.29, 1.82) is 0 Å². The lowest BCUT2D eigenvalue weighted by Crippen LogP contribution is -2.47. The lowest BCUT2D eigenvalue weighted by atomic mass is 9.96. The molecule has 1 saturated carbocycles. The first-order valence-corrected chi connectivity index (χ1v) is 5.89. The van der Waals surface area contributed by atoms with Crippen molar-refractivity contribution >= 4 is 5.96 Å². The van der Waals surface area contributed by atoms with E-state index in [0.29, 0.717) is 0 Å². The fourth-order valence-electron chi connectivity index (χ4n) is 1.83.